The topological polar surface area (TPSA) is 57.6 Å². The van der Waals surface area contributed by atoms with Crippen molar-refractivity contribution < 1.29 is 9.84 Å². The number of nitrogens with one attached hydrogen (secondary N) is 1. The zero-order valence-electron chi connectivity index (χ0n) is 12.6. The second-order valence-electron chi connectivity index (χ2n) is 5.62. The third-order valence-corrected chi connectivity index (χ3v) is 3.53. The van der Waals surface area contributed by atoms with Gasteiger partial charge in [-0.2, -0.15) is 0 Å². The predicted molar refractivity (Wildman–Crippen MR) is 80.0 cm³/mol. The molecule has 0 bridgehead atoms. The number of hydrogen-bond acceptors (Lipinski definition) is 5. The number of nitrogens with zero attached hydrogens (tertiary/aromatic N) is 2. The first kappa shape index (κ1) is 15.2. The molecular formula is C15H25N3O2. The minimum atomic E-state index is 0.00888. The predicted octanol–water partition coefficient (Wildman–Crippen LogP) is 1.09. The minimum Gasteiger partial charge on any atom is -0.394 e. The van der Waals surface area contributed by atoms with Gasteiger partial charge in [0.15, 0.2) is 0 Å². The van der Waals surface area contributed by atoms with Crippen LogP contribution >= 0.6 is 0 Å². The monoisotopic (exact) mass is 279 g/mol. The normalized spacial score (nSPS) is 19.6. The van der Waals surface area contributed by atoms with Crippen molar-refractivity contribution in [3.05, 3.63) is 23.4 Å². The number of morpholine rings is 1. The van der Waals surface area contributed by atoms with E-state index in [1.54, 1.807) is 0 Å². The Morgan fingerprint density at radius 3 is 3.00 bits per heavy atom. The van der Waals surface area contributed by atoms with Crippen LogP contribution in [0.3, 0.4) is 0 Å². The van der Waals surface area contributed by atoms with Gasteiger partial charge in [-0.1, -0.05) is 13.8 Å². The summed E-state index contributed by atoms with van der Waals surface area (Å²) in [7, 11) is 0. The molecule has 0 aliphatic carbocycles. The van der Waals surface area contributed by atoms with E-state index in [1.807, 2.05) is 6.20 Å². The van der Waals surface area contributed by atoms with Crippen LogP contribution in [0, 0.1) is 6.92 Å². The summed E-state index contributed by atoms with van der Waals surface area (Å²) in [6.07, 6.45) is 1.92. The summed E-state index contributed by atoms with van der Waals surface area (Å²) >= 11 is 0. The molecule has 1 aliphatic rings. The van der Waals surface area contributed by atoms with E-state index in [1.165, 1.54) is 5.56 Å². The highest BCUT2D eigenvalue weighted by Crippen LogP contribution is 2.22. The van der Waals surface area contributed by atoms with E-state index in [2.05, 4.69) is 42.0 Å². The fourth-order valence-corrected chi connectivity index (χ4v) is 2.43. The summed E-state index contributed by atoms with van der Waals surface area (Å²) in [5, 5.41) is 12.8. The molecule has 0 amide bonds. The molecule has 0 saturated carbocycles. The van der Waals surface area contributed by atoms with Crippen molar-refractivity contribution in [2.45, 2.75) is 39.4 Å². The highest BCUT2D eigenvalue weighted by atomic mass is 16.5. The molecule has 112 valence electrons. The lowest BCUT2D eigenvalue weighted by Gasteiger charge is -2.36. The zero-order chi connectivity index (χ0) is 14.5. The van der Waals surface area contributed by atoms with Gasteiger partial charge in [-0.15, -0.1) is 0 Å². The molecule has 0 radical (unpaired) electrons. The number of ether oxygens (including phenoxy) is 1. The highest BCUT2D eigenvalue weighted by molar-refractivity contribution is 5.48. The number of pyridine rings is 1. The van der Waals surface area contributed by atoms with Crippen LogP contribution in [0.4, 0.5) is 5.82 Å². The molecule has 2 N–H and O–H groups in total. The standard InChI is InChI=1S/C15H25N3O2/c1-11(2)16-7-13-6-12(3)15(17-8-13)18-4-5-20-10-14(18)9-19/h6,8,11,14,16,19H,4-5,7,9-10H2,1-3H3. The second kappa shape index (κ2) is 7.02. The maximum atomic E-state index is 9.45. The summed E-state index contributed by atoms with van der Waals surface area (Å²) in [6, 6.07) is 2.64. The quantitative estimate of drug-likeness (QED) is 0.845. The Bertz CT molecular complexity index is 437. The van der Waals surface area contributed by atoms with Crippen molar-refractivity contribution in [2.75, 3.05) is 31.3 Å². The van der Waals surface area contributed by atoms with Gasteiger partial charge in [0.05, 0.1) is 25.9 Å². The molecule has 1 fully saturated rings. The van der Waals surface area contributed by atoms with Crippen LogP contribution in [0.1, 0.15) is 25.0 Å². The van der Waals surface area contributed by atoms with Crippen LogP contribution in [0.5, 0.6) is 0 Å². The average molecular weight is 279 g/mol. The lowest BCUT2D eigenvalue weighted by atomic mass is 10.1. The largest absolute Gasteiger partial charge is 0.394 e. The lowest BCUT2D eigenvalue weighted by molar-refractivity contribution is 0.0722. The molecule has 5 nitrogen and oxygen atoms in total. The van der Waals surface area contributed by atoms with Crippen LogP contribution in [-0.4, -0.2) is 48.5 Å². The van der Waals surface area contributed by atoms with Crippen molar-refractivity contribution in [2.24, 2.45) is 0 Å². The molecule has 1 atom stereocenters. The summed E-state index contributed by atoms with van der Waals surface area (Å²) in [5.74, 6) is 0.959. The number of rotatable bonds is 5. The molecule has 2 heterocycles. The van der Waals surface area contributed by atoms with Crippen molar-refractivity contribution in [1.29, 1.82) is 0 Å². The third kappa shape index (κ3) is 3.69. The Hall–Kier alpha value is -1.17. The molecule has 2 rings (SSSR count). The molecule has 0 spiro atoms. The van der Waals surface area contributed by atoms with Crippen molar-refractivity contribution in [1.82, 2.24) is 10.3 Å². The molecule has 1 aliphatic heterocycles. The number of aliphatic hydroxyl groups is 1. The maximum Gasteiger partial charge on any atom is 0.131 e. The van der Waals surface area contributed by atoms with E-state index in [4.69, 9.17) is 4.74 Å². The molecule has 1 aromatic rings. The van der Waals surface area contributed by atoms with Gasteiger partial charge < -0.3 is 20.1 Å². The van der Waals surface area contributed by atoms with Crippen molar-refractivity contribution in [3.63, 3.8) is 0 Å². The van der Waals surface area contributed by atoms with Gasteiger partial charge in [-0.3, -0.25) is 0 Å². The number of aliphatic hydroxyl groups excluding tert-OH is 1. The molecule has 0 aromatic carbocycles. The van der Waals surface area contributed by atoms with Gasteiger partial charge in [0.25, 0.3) is 0 Å². The first-order valence-corrected chi connectivity index (χ1v) is 7.26. The lowest BCUT2D eigenvalue weighted by Crippen LogP contribution is -2.48. The second-order valence-corrected chi connectivity index (χ2v) is 5.62. The van der Waals surface area contributed by atoms with Crippen molar-refractivity contribution >= 4 is 5.82 Å². The first-order valence-electron chi connectivity index (χ1n) is 7.26. The fraction of sp³-hybridized carbons (Fsp3) is 0.667. The summed E-state index contributed by atoms with van der Waals surface area (Å²) < 4.78 is 5.41. The van der Waals surface area contributed by atoms with Crippen LogP contribution in [0.25, 0.3) is 0 Å². The van der Waals surface area contributed by atoms with Gasteiger partial charge in [0.2, 0.25) is 0 Å². The maximum absolute atomic E-state index is 9.45. The van der Waals surface area contributed by atoms with Gasteiger partial charge in [-0.25, -0.2) is 4.98 Å². The highest BCUT2D eigenvalue weighted by Gasteiger charge is 2.24. The molecule has 20 heavy (non-hydrogen) atoms. The van der Waals surface area contributed by atoms with E-state index in [-0.39, 0.29) is 12.6 Å². The smallest absolute Gasteiger partial charge is 0.131 e. The first-order chi connectivity index (χ1) is 9.61. The van der Waals surface area contributed by atoms with Crippen LogP contribution in [-0.2, 0) is 11.3 Å². The van der Waals surface area contributed by atoms with Crippen LogP contribution in [0.2, 0.25) is 0 Å². The number of anilines is 1. The van der Waals surface area contributed by atoms with Crippen LogP contribution < -0.4 is 10.2 Å². The molecular weight excluding hydrogens is 254 g/mol. The molecule has 1 aromatic heterocycles. The Kier molecular flexibility index (Phi) is 5.34. The van der Waals surface area contributed by atoms with E-state index >= 15 is 0 Å². The summed E-state index contributed by atoms with van der Waals surface area (Å²) in [4.78, 5) is 6.75. The van der Waals surface area contributed by atoms with Crippen LogP contribution in [0.15, 0.2) is 12.3 Å². The van der Waals surface area contributed by atoms with Gasteiger partial charge in [0, 0.05) is 25.3 Å². The molecule has 1 unspecified atom stereocenters. The Morgan fingerprint density at radius 1 is 1.55 bits per heavy atom. The van der Waals surface area contributed by atoms with E-state index < -0.39 is 0 Å². The number of hydrogen-bond donors (Lipinski definition) is 2. The summed E-state index contributed by atoms with van der Waals surface area (Å²) in [5.41, 5.74) is 2.34. The Morgan fingerprint density at radius 2 is 2.35 bits per heavy atom. The number of aryl methyl sites for hydroxylation is 1. The molecule has 5 heteroatoms. The van der Waals surface area contributed by atoms with Crippen molar-refractivity contribution in [3.8, 4) is 0 Å². The zero-order valence-corrected chi connectivity index (χ0v) is 12.6. The van der Waals surface area contributed by atoms with Gasteiger partial charge >= 0.3 is 0 Å². The van der Waals surface area contributed by atoms with E-state index in [9.17, 15) is 5.11 Å². The van der Waals surface area contributed by atoms with Gasteiger partial charge in [-0.05, 0) is 24.1 Å². The van der Waals surface area contributed by atoms with Gasteiger partial charge in [0.1, 0.15) is 5.82 Å². The average Bonchev–Trinajstić information content (AvgIpc) is 2.45. The Labute approximate surface area is 121 Å². The fourth-order valence-electron chi connectivity index (χ4n) is 2.43. The van der Waals surface area contributed by atoms with E-state index in [0.717, 1.165) is 24.5 Å². The van der Waals surface area contributed by atoms with E-state index in [0.29, 0.717) is 19.3 Å². The SMILES string of the molecule is Cc1cc(CNC(C)C)cnc1N1CCOCC1CO. The molecule has 1 saturated heterocycles. The third-order valence-electron chi connectivity index (χ3n) is 3.53. The minimum absolute atomic E-state index is 0.00888. The number of aromatic nitrogens is 1. The summed E-state index contributed by atoms with van der Waals surface area (Å²) in [6.45, 7) is 9.30. The Balaban J connectivity index is 2.12.